The van der Waals surface area contributed by atoms with Crippen LogP contribution in [0.5, 0.6) is 0 Å². The second kappa shape index (κ2) is 5.59. The zero-order valence-electron chi connectivity index (χ0n) is 8.75. The first-order valence-corrected chi connectivity index (χ1v) is 5.38. The van der Waals surface area contributed by atoms with Crippen molar-refractivity contribution in [3.05, 3.63) is 0 Å². The summed E-state index contributed by atoms with van der Waals surface area (Å²) in [5.41, 5.74) is 0. The summed E-state index contributed by atoms with van der Waals surface area (Å²) in [4.78, 5) is 4.44. The molecule has 2 unspecified atom stereocenters. The summed E-state index contributed by atoms with van der Waals surface area (Å²) in [5, 5.41) is 6.71. The molecule has 14 heavy (non-hydrogen) atoms. The number of nitrogens with one attached hydrogen (secondary N) is 2. The molecule has 1 aliphatic carbocycles. The van der Waals surface area contributed by atoms with E-state index in [2.05, 4.69) is 22.5 Å². The third-order valence-electron chi connectivity index (χ3n) is 2.96. The normalized spacial score (nSPS) is 30.5. The molecule has 1 heterocycles. The van der Waals surface area contributed by atoms with Crippen LogP contribution in [0.25, 0.3) is 0 Å². The predicted molar refractivity (Wildman–Crippen MR) is 65.1 cm³/mol. The zero-order chi connectivity index (χ0) is 9.10. The van der Waals surface area contributed by atoms with E-state index in [1.54, 1.807) is 0 Å². The second-order valence-corrected chi connectivity index (χ2v) is 4.22. The minimum absolute atomic E-state index is 0. The van der Waals surface area contributed by atoms with E-state index < -0.39 is 0 Å². The van der Waals surface area contributed by atoms with Crippen LogP contribution in [-0.4, -0.2) is 25.6 Å². The number of hydrogen-bond acceptors (Lipinski definition) is 3. The summed E-state index contributed by atoms with van der Waals surface area (Å²) in [6, 6.07) is 0. The topological polar surface area (TPSA) is 36.4 Å². The maximum absolute atomic E-state index is 4.44. The molecule has 1 aliphatic heterocycles. The largest absolute Gasteiger partial charge is 0.356 e. The fourth-order valence-corrected chi connectivity index (χ4v) is 1.72. The molecule has 0 bridgehead atoms. The molecule has 4 heteroatoms. The summed E-state index contributed by atoms with van der Waals surface area (Å²) in [7, 11) is 0. The molecule has 0 amide bonds. The lowest BCUT2D eigenvalue weighted by Gasteiger charge is -2.08. The molecule has 2 N–H and O–H groups in total. The standard InChI is InChI=1S/C10H19N3.BrH/c1-8-6-9(8)7-13-10-11-4-2-3-5-12-10;/h8-9H,2-7H2,1H3,(H2,11,12,13);1H. The smallest absolute Gasteiger partial charge is 0.191 e. The molecule has 3 nitrogen and oxygen atoms in total. The average molecular weight is 262 g/mol. The van der Waals surface area contributed by atoms with E-state index in [4.69, 9.17) is 0 Å². The molecule has 0 saturated heterocycles. The molecular formula is C10H20BrN3. The molecule has 2 aliphatic rings. The highest BCUT2D eigenvalue weighted by Gasteiger charge is 2.32. The van der Waals surface area contributed by atoms with Crippen LogP contribution in [0.4, 0.5) is 0 Å². The van der Waals surface area contributed by atoms with Gasteiger partial charge in [0.1, 0.15) is 0 Å². The molecular weight excluding hydrogens is 242 g/mol. The highest BCUT2D eigenvalue weighted by atomic mass is 79.9. The molecule has 0 aromatic heterocycles. The number of hydrogen-bond donors (Lipinski definition) is 2. The van der Waals surface area contributed by atoms with Crippen molar-refractivity contribution in [1.29, 1.82) is 0 Å². The van der Waals surface area contributed by atoms with Crippen molar-refractivity contribution in [3.8, 4) is 0 Å². The Bertz CT molecular complexity index is 206. The summed E-state index contributed by atoms with van der Waals surface area (Å²) in [6.45, 7) is 5.48. The van der Waals surface area contributed by atoms with Crippen LogP contribution in [0.3, 0.4) is 0 Å². The Morgan fingerprint density at radius 2 is 2.29 bits per heavy atom. The first-order chi connectivity index (χ1) is 6.36. The van der Waals surface area contributed by atoms with Crippen LogP contribution in [-0.2, 0) is 0 Å². The lowest BCUT2D eigenvalue weighted by Crippen LogP contribution is -2.38. The van der Waals surface area contributed by atoms with E-state index in [-0.39, 0.29) is 17.0 Å². The van der Waals surface area contributed by atoms with Crippen molar-refractivity contribution in [2.45, 2.75) is 26.2 Å². The number of aliphatic imine (C=N–C) groups is 1. The van der Waals surface area contributed by atoms with Crippen LogP contribution in [0.15, 0.2) is 4.99 Å². The molecule has 0 spiro atoms. The Morgan fingerprint density at radius 3 is 3.00 bits per heavy atom. The highest BCUT2D eigenvalue weighted by molar-refractivity contribution is 8.93. The molecule has 2 rings (SSSR count). The Kier molecular flexibility index (Phi) is 4.72. The van der Waals surface area contributed by atoms with Gasteiger partial charge in [-0.25, -0.2) is 0 Å². The van der Waals surface area contributed by atoms with Gasteiger partial charge in [-0.3, -0.25) is 4.99 Å². The van der Waals surface area contributed by atoms with E-state index in [0.29, 0.717) is 0 Å². The average Bonchev–Trinajstić information content (AvgIpc) is 2.85. The van der Waals surface area contributed by atoms with Crippen molar-refractivity contribution in [2.75, 3.05) is 19.6 Å². The van der Waals surface area contributed by atoms with E-state index in [0.717, 1.165) is 37.4 Å². The molecule has 1 fully saturated rings. The SMILES string of the molecule is Br.CC1CC1CNC1=NCCCCN1. The fraction of sp³-hybridized carbons (Fsp3) is 0.900. The van der Waals surface area contributed by atoms with Gasteiger partial charge in [0.25, 0.3) is 0 Å². The third kappa shape index (κ3) is 3.48. The zero-order valence-corrected chi connectivity index (χ0v) is 10.5. The Labute approximate surface area is 96.5 Å². The van der Waals surface area contributed by atoms with Crippen LogP contribution in [0, 0.1) is 11.8 Å². The number of nitrogens with zero attached hydrogens (tertiary/aromatic N) is 1. The molecule has 1 saturated carbocycles. The maximum atomic E-state index is 4.44. The van der Waals surface area contributed by atoms with Crippen molar-refractivity contribution < 1.29 is 0 Å². The molecule has 0 radical (unpaired) electrons. The van der Waals surface area contributed by atoms with Crippen LogP contribution >= 0.6 is 17.0 Å². The quantitative estimate of drug-likeness (QED) is 0.792. The van der Waals surface area contributed by atoms with Gasteiger partial charge >= 0.3 is 0 Å². The van der Waals surface area contributed by atoms with Crippen molar-refractivity contribution in [2.24, 2.45) is 16.8 Å². The van der Waals surface area contributed by atoms with Crippen LogP contribution in [0.2, 0.25) is 0 Å². The minimum atomic E-state index is 0. The van der Waals surface area contributed by atoms with E-state index in [1.807, 2.05) is 0 Å². The van der Waals surface area contributed by atoms with Gasteiger partial charge in [0.2, 0.25) is 0 Å². The van der Waals surface area contributed by atoms with Gasteiger partial charge in [0.15, 0.2) is 5.96 Å². The van der Waals surface area contributed by atoms with Gasteiger partial charge in [0, 0.05) is 19.6 Å². The van der Waals surface area contributed by atoms with Crippen molar-refractivity contribution >= 4 is 22.9 Å². The van der Waals surface area contributed by atoms with E-state index >= 15 is 0 Å². The van der Waals surface area contributed by atoms with Crippen molar-refractivity contribution in [3.63, 3.8) is 0 Å². The Balaban J connectivity index is 0.000000980. The summed E-state index contributed by atoms with van der Waals surface area (Å²) in [6.07, 6.45) is 3.85. The van der Waals surface area contributed by atoms with Gasteiger partial charge in [-0.05, 0) is 31.1 Å². The van der Waals surface area contributed by atoms with Gasteiger partial charge in [-0.15, -0.1) is 17.0 Å². The summed E-state index contributed by atoms with van der Waals surface area (Å²) < 4.78 is 0. The Morgan fingerprint density at radius 1 is 1.50 bits per heavy atom. The summed E-state index contributed by atoms with van der Waals surface area (Å²) >= 11 is 0. The molecule has 0 aromatic rings. The molecule has 0 aromatic carbocycles. The van der Waals surface area contributed by atoms with Gasteiger partial charge < -0.3 is 10.6 Å². The number of guanidine groups is 1. The van der Waals surface area contributed by atoms with Crippen LogP contribution in [0.1, 0.15) is 26.2 Å². The third-order valence-corrected chi connectivity index (χ3v) is 2.96. The minimum Gasteiger partial charge on any atom is -0.356 e. The van der Waals surface area contributed by atoms with E-state index in [9.17, 15) is 0 Å². The van der Waals surface area contributed by atoms with Crippen LogP contribution < -0.4 is 10.6 Å². The van der Waals surface area contributed by atoms with Gasteiger partial charge in [-0.1, -0.05) is 6.92 Å². The predicted octanol–water partition coefficient (Wildman–Crippen LogP) is 1.55. The Hall–Kier alpha value is -0.250. The van der Waals surface area contributed by atoms with Gasteiger partial charge in [0.05, 0.1) is 0 Å². The highest BCUT2D eigenvalue weighted by Crippen LogP contribution is 2.36. The van der Waals surface area contributed by atoms with Gasteiger partial charge in [-0.2, -0.15) is 0 Å². The number of rotatable bonds is 2. The first kappa shape index (κ1) is 11.8. The number of halogens is 1. The van der Waals surface area contributed by atoms with Crippen molar-refractivity contribution in [1.82, 2.24) is 10.6 Å². The summed E-state index contributed by atoms with van der Waals surface area (Å²) in [5.74, 6) is 2.85. The molecule has 2 atom stereocenters. The fourth-order valence-electron chi connectivity index (χ4n) is 1.72. The van der Waals surface area contributed by atoms with E-state index in [1.165, 1.54) is 19.3 Å². The molecule has 82 valence electrons. The maximum Gasteiger partial charge on any atom is 0.191 e. The monoisotopic (exact) mass is 261 g/mol. The lowest BCUT2D eigenvalue weighted by molar-refractivity contribution is 0.693. The lowest BCUT2D eigenvalue weighted by atomic mass is 10.3. The second-order valence-electron chi connectivity index (χ2n) is 4.22. The first-order valence-electron chi connectivity index (χ1n) is 5.38.